The van der Waals surface area contributed by atoms with Gasteiger partial charge in [-0.15, -0.1) is 0 Å². The number of methoxy groups -OCH3 is 1. The van der Waals surface area contributed by atoms with Crippen LogP contribution in [0.2, 0.25) is 0 Å². The molecule has 2 aromatic rings. The Morgan fingerprint density at radius 1 is 1.38 bits per heavy atom. The second-order valence-electron chi connectivity index (χ2n) is 5.52. The lowest BCUT2D eigenvalue weighted by Crippen LogP contribution is -2.18. The summed E-state index contributed by atoms with van der Waals surface area (Å²) in [6.45, 7) is 1.68. The van der Waals surface area contributed by atoms with Gasteiger partial charge in [0, 0.05) is 11.6 Å². The van der Waals surface area contributed by atoms with Gasteiger partial charge < -0.3 is 25.7 Å². The van der Waals surface area contributed by atoms with Crippen LogP contribution in [0.5, 0.6) is 5.75 Å². The molecule has 0 aliphatic rings. The van der Waals surface area contributed by atoms with Gasteiger partial charge in [-0.05, 0) is 31.2 Å². The van der Waals surface area contributed by atoms with Gasteiger partial charge in [0.05, 0.1) is 25.2 Å². The molecule has 1 aromatic carbocycles. The SMILES string of the molecule is CCOC(=O)Nc1cc(NC/C(=N/O)c2ccc(OC)cc2)c([N+](=O)[O-])c(N)n1. The molecule has 0 atom stereocenters. The third kappa shape index (κ3) is 5.45. The van der Waals surface area contributed by atoms with E-state index >= 15 is 0 Å². The number of nitrogen functional groups attached to an aromatic ring is 1. The summed E-state index contributed by atoms with van der Waals surface area (Å²) in [6, 6.07) is 7.91. The van der Waals surface area contributed by atoms with Crippen molar-refractivity contribution in [1.82, 2.24) is 4.98 Å². The van der Waals surface area contributed by atoms with Crippen LogP contribution in [-0.4, -0.2) is 47.2 Å². The molecule has 0 saturated heterocycles. The fraction of sp³-hybridized carbons (Fsp3) is 0.235. The van der Waals surface area contributed by atoms with E-state index in [1.165, 1.54) is 13.2 Å². The van der Waals surface area contributed by atoms with Crippen molar-refractivity contribution in [3.8, 4) is 5.75 Å². The fourth-order valence-electron chi connectivity index (χ4n) is 2.38. The zero-order valence-electron chi connectivity index (χ0n) is 15.7. The predicted molar refractivity (Wildman–Crippen MR) is 106 cm³/mol. The lowest BCUT2D eigenvalue weighted by Gasteiger charge is -2.12. The summed E-state index contributed by atoms with van der Waals surface area (Å²) in [4.78, 5) is 26.0. The maximum atomic E-state index is 11.6. The normalized spacial score (nSPS) is 10.9. The molecule has 0 bridgehead atoms. The van der Waals surface area contributed by atoms with Gasteiger partial charge in [0.1, 0.15) is 23.0 Å². The van der Waals surface area contributed by atoms with E-state index in [9.17, 15) is 20.1 Å². The quantitative estimate of drug-likeness (QED) is 0.223. The number of hydrogen-bond donors (Lipinski definition) is 4. The van der Waals surface area contributed by atoms with Gasteiger partial charge in [-0.2, -0.15) is 0 Å². The number of nitrogens with one attached hydrogen (secondary N) is 2. The molecule has 0 saturated carbocycles. The van der Waals surface area contributed by atoms with Gasteiger partial charge in [-0.3, -0.25) is 15.4 Å². The van der Waals surface area contributed by atoms with Crippen molar-refractivity contribution in [3.05, 3.63) is 46.0 Å². The predicted octanol–water partition coefficient (Wildman–Crippen LogP) is 2.44. The number of rotatable bonds is 8. The molecule has 1 heterocycles. The monoisotopic (exact) mass is 404 g/mol. The van der Waals surface area contributed by atoms with Gasteiger partial charge >= 0.3 is 11.8 Å². The number of nitrogens with zero attached hydrogens (tertiary/aromatic N) is 3. The highest BCUT2D eigenvalue weighted by atomic mass is 16.6. The van der Waals surface area contributed by atoms with Crippen molar-refractivity contribution >= 4 is 34.8 Å². The molecule has 154 valence electrons. The molecule has 2 rings (SSSR count). The number of benzene rings is 1. The van der Waals surface area contributed by atoms with E-state index in [4.69, 9.17) is 15.2 Å². The van der Waals surface area contributed by atoms with E-state index in [1.807, 2.05) is 0 Å². The first-order valence-electron chi connectivity index (χ1n) is 8.37. The van der Waals surface area contributed by atoms with Crippen LogP contribution in [0.25, 0.3) is 0 Å². The van der Waals surface area contributed by atoms with Crippen molar-refractivity contribution < 1.29 is 24.4 Å². The highest BCUT2D eigenvalue weighted by Crippen LogP contribution is 2.32. The number of carbonyl (C=O) groups excluding carboxylic acids is 1. The number of nitro groups is 1. The molecule has 0 unspecified atom stereocenters. The molecule has 0 aliphatic heterocycles. The maximum Gasteiger partial charge on any atom is 0.412 e. The second kappa shape index (κ2) is 9.73. The van der Waals surface area contributed by atoms with E-state index in [0.717, 1.165) is 0 Å². The molecule has 0 aliphatic carbocycles. The number of carbonyl (C=O) groups is 1. The van der Waals surface area contributed by atoms with E-state index in [0.29, 0.717) is 11.3 Å². The van der Waals surface area contributed by atoms with Crippen LogP contribution >= 0.6 is 0 Å². The number of pyridine rings is 1. The molecule has 29 heavy (non-hydrogen) atoms. The van der Waals surface area contributed by atoms with Gasteiger partial charge in [0.2, 0.25) is 5.82 Å². The van der Waals surface area contributed by atoms with Crippen LogP contribution in [0.4, 0.5) is 27.8 Å². The van der Waals surface area contributed by atoms with Crippen LogP contribution in [-0.2, 0) is 4.74 Å². The first kappa shape index (κ1) is 21.2. The van der Waals surface area contributed by atoms with E-state index in [1.54, 1.807) is 31.2 Å². The highest BCUT2D eigenvalue weighted by molar-refractivity contribution is 6.03. The second-order valence-corrected chi connectivity index (χ2v) is 5.52. The Hall–Kier alpha value is -4.09. The first-order chi connectivity index (χ1) is 13.9. The lowest BCUT2D eigenvalue weighted by atomic mass is 10.1. The van der Waals surface area contributed by atoms with Gasteiger partial charge in [0.25, 0.3) is 0 Å². The Kier molecular flexibility index (Phi) is 7.12. The summed E-state index contributed by atoms with van der Waals surface area (Å²) in [6.07, 6.45) is -0.782. The number of oxime groups is 1. The van der Waals surface area contributed by atoms with Gasteiger partial charge in [-0.25, -0.2) is 9.78 Å². The smallest absolute Gasteiger partial charge is 0.412 e. The molecule has 1 amide bonds. The fourth-order valence-corrected chi connectivity index (χ4v) is 2.38. The average molecular weight is 404 g/mol. The van der Waals surface area contributed by atoms with Crippen molar-refractivity contribution in [2.45, 2.75) is 6.92 Å². The third-order valence-corrected chi connectivity index (χ3v) is 3.70. The molecule has 1 aromatic heterocycles. The summed E-state index contributed by atoms with van der Waals surface area (Å²) >= 11 is 0. The van der Waals surface area contributed by atoms with Crippen LogP contribution in [0, 0.1) is 10.1 Å². The molecular weight excluding hydrogens is 384 g/mol. The van der Waals surface area contributed by atoms with Crippen molar-refractivity contribution in [2.24, 2.45) is 5.16 Å². The topological polar surface area (TPSA) is 174 Å². The highest BCUT2D eigenvalue weighted by Gasteiger charge is 2.22. The molecule has 12 heteroatoms. The van der Waals surface area contributed by atoms with E-state index in [2.05, 4.69) is 20.8 Å². The zero-order chi connectivity index (χ0) is 21.4. The summed E-state index contributed by atoms with van der Waals surface area (Å²) in [5, 5.41) is 29.0. The number of anilines is 3. The Morgan fingerprint density at radius 3 is 2.62 bits per heavy atom. The number of aromatic nitrogens is 1. The first-order valence-corrected chi connectivity index (χ1v) is 8.37. The third-order valence-electron chi connectivity index (χ3n) is 3.70. The molecular formula is C17H20N6O6. The Balaban J connectivity index is 2.27. The van der Waals surface area contributed by atoms with Crippen molar-refractivity contribution in [2.75, 3.05) is 36.6 Å². The van der Waals surface area contributed by atoms with Gasteiger partial charge in [-0.1, -0.05) is 5.16 Å². The minimum atomic E-state index is -0.782. The molecule has 0 spiro atoms. The van der Waals surface area contributed by atoms with E-state index < -0.39 is 22.5 Å². The number of amides is 1. The standard InChI is InChI=1S/C17H20N6O6/c1-3-29-17(24)21-14-8-12(15(23(26)27)16(18)20-14)19-9-13(22-25)10-4-6-11(28-2)7-5-10/h4-8,25H,3,9H2,1-2H3,(H4,18,19,20,21,24)/b22-13-. The molecule has 0 fully saturated rings. The van der Waals surface area contributed by atoms with Crippen molar-refractivity contribution in [1.29, 1.82) is 0 Å². The molecule has 12 nitrogen and oxygen atoms in total. The number of hydrogen-bond acceptors (Lipinski definition) is 10. The maximum absolute atomic E-state index is 11.6. The molecule has 0 radical (unpaired) electrons. The van der Waals surface area contributed by atoms with Crippen LogP contribution in [0.1, 0.15) is 12.5 Å². The molecule has 5 N–H and O–H groups in total. The van der Waals surface area contributed by atoms with Gasteiger partial charge in [0.15, 0.2) is 0 Å². The minimum absolute atomic E-state index is 0.0241. The lowest BCUT2D eigenvalue weighted by molar-refractivity contribution is -0.383. The van der Waals surface area contributed by atoms with E-state index in [-0.39, 0.29) is 30.4 Å². The number of ether oxygens (including phenoxy) is 2. The summed E-state index contributed by atoms with van der Waals surface area (Å²) < 4.78 is 9.82. The Bertz CT molecular complexity index is 915. The van der Waals surface area contributed by atoms with Crippen LogP contribution < -0.4 is 21.1 Å². The Morgan fingerprint density at radius 2 is 2.07 bits per heavy atom. The van der Waals surface area contributed by atoms with Crippen LogP contribution in [0.15, 0.2) is 35.5 Å². The average Bonchev–Trinajstić information content (AvgIpc) is 2.68. The Labute approximate surface area is 165 Å². The van der Waals surface area contributed by atoms with Crippen molar-refractivity contribution in [3.63, 3.8) is 0 Å². The summed E-state index contributed by atoms with van der Waals surface area (Å²) in [5.74, 6) is 0.172. The summed E-state index contributed by atoms with van der Waals surface area (Å²) in [7, 11) is 1.52. The minimum Gasteiger partial charge on any atom is -0.497 e. The number of nitrogens with two attached hydrogens (primary N) is 1. The zero-order valence-corrected chi connectivity index (χ0v) is 15.7. The van der Waals surface area contributed by atoms with Crippen LogP contribution in [0.3, 0.4) is 0 Å². The largest absolute Gasteiger partial charge is 0.497 e. The summed E-state index contributed by atoms with van der Waals surface area (Å²) in [5.41, 5.74) is 5.94.